The van der Waals surface area contributed by atoms with E-state index in [9.17, 15) is 4.79 Å². The molecular formula is C23H23N3O3. The highest BCUT2D eigenvalue weighted by atomic mass is 16.5. The van der Waals surface area contributed by atoms with Crippen LogP contribution in [-0.2, 0) is 0 Å². The lowest BCUT2D eigenvalue weighted by atomic mass is 10.0. The van der Waals surface area contributed by atoms with Crippen LogP contribution in [0.4, 0.5) is 5.69 Å². The second-order valence-corrected chi connectivity index (χ2v) is 6.98. The lowest BCUT2D eigenvalue weighted by Gasteiger charge is -2.19. The first-order valence-corrected chi connectivity index (χ1v) is 9.56. The minimum Gasteiger partial charge on any atom is -0.496 e. The number of nitrogens with zero attached hydrogens (tertiary/aromatic N) is 2. The van der Waals surface area contributed by atoms with Crippen LogP contribution in [0.3, 0.4) is 0 Å². The Kier molecular flexibility index (Phi) is 5.08. The van der Waals surface area contributed by atoms with E-state index < -0.39 is 0 Å². The number of ether oxygens (including phenoxy) is 1. The van der Waals surface area contributed by atoms with Crippen molar-refractivity contribution in [2.45, 2.75) is 13.3 Å². The van der Waals surface area contributed by atoms with Gasteiger partial charge in [0.05, 0.1) is 24.4 Å². The van der Waals surface area contributed by atoms with E-state index in [1.165, 1.54) is 6.39 Å². The molecule has 6 nitrogen and oxygen atoms in total. The molecule has 0 amide bonds. The van der Waals surface area contributed by atoms with E-state index in [0.29, 0.717) is 28.0 Å². The highest BCUT2D eigenvalue weighted by molar-refractivity contribution is 5.88. The van der Waals surface area contributed by atoms with Gasteiger partial charge in [-0.25, -0.2) is 4.98 Å². The zero-order valence-electron chi connectivity index (χ0n) is 16.7. The number of hydrogen-bond acceptors (Lipinski definition) is 5. The molecule has 0 atom stereocenters. The maximum Gasteiger partial charge on any atom is 0.190 e. The topological polar surface area (TPSA) is 71.4 Å². The number of H-pyrrole nitrogens is 1. The van der Waals surface area contributed by atoms with Crippen molar-refractivity contribution in [2.24, 2.45) is 0 Å². The maximum absolute atomic E-state index is 12.9. The summed E-state index contributed by atoms with van der Waals surface area (Å²) in [6.07, 6.45) is 4.03. The van der Waals surface area contributed by atoms with Crippen molar-refractivity contribution in [3.05, 3.63) is 65.3 Å². The molecule has 0 aliphatic carbocycles. The smallest absolute Gasteiger partial charge is 0.190 e. The van der Waals surface area contributed by atoms with E-state index in [1.54, 1.807) is 25.4 Å². The zero-order chi connectivity index (χ0) is 20.4. The summed E-state index contributed by atoms with van der Waals surface area (Å²) in [4.78, 5) is 22.4. The van der Waals surface area contributed by atoms with Gasteiger partial charge in [-0.2, -0.15) is 0 Å². The van der Waals surface area contributed by atoms with E-state index in [4.69, 9.17) is 9.15 Å². The molecule has 0 unspecified atom stereocenters. The first-order valence-electron chi connectivity index (χ1n) is 9.56. The van der Waals surface area contributed by atoms with Gasteiger partial charge in [-0.15, -0.1) is 0 Å². The number of methoxy groups -OCH3 is 1. The Labute approximate surface area is 168 Å². The van der Waals surface area contributed by atoms with Gasteiger partial charge in [-0.05, 0) is 24.6 Å². The number of aromatic nitrogens is 2. The highest BCUT2D eigenvalue weighted by Gasteiger charge is 2.14. The van der Waals surface area contributed by atoms with Crippen LogP contribution in [0.15, 0.2) is 64.3 Å². The number of oxazole rings is 1. The van der Waals surface area contributed by atoms with Crippen molar-refractivity contribution < 1.29 is 9.15 Å². The molecule has 1 N–H and O–H groups in total. The fourth-order valence-electron chi connectivity index (χ4n) is 3.52. The number of fused-ring (bicyclic) bond motifs is 1. The van der Waals surface area contributed by atoms with E-state index in [2.05, 4.69) is 41.0 Å². The quantitative estimate of drug-likeness (QED) is 0.517. The molecule has 0 aliphatic rings. The third kappa shape index (κ3) is 3.61. The number of pyridine rings is 1. The van der Waals surface area contributed by atoms with Crippen LogP contribution >= 0.6 is 0 Å². The molecule has 148 valence electrons. The number of nitrogens with one attached hydrogen (secondary N) is 1. The van der Waals surface area contributed by atoms with Gasteiger partial charge in [0.2, 0.25) is 0 Å². The lowest BCUT2D eigenvalue weighted by molar-refractivity contribution is 0.415. The number of hydrogen-bond donors (Lipinski definition) is 1. The third-order valence-electron chi connectivity index (χ3n) is 5.00. The normalized spacial score (nSPS) is 11.0. The summed E-state index contributed by atoms with van der Waals surface area (Å²) in [5.41, 5.74) is 4.18. The summed E-state index contributed by atoms with van der Waals surface area (Å²) in [6, 6.07) is 13.4. The Hall–Kier alpha value is -3.54. The van der Waals surface area contributed by atoms with E-state index >= 15 is 0 Å². The third-order valence-corrected chi connectivity index (χ3v) is 5.00. The molecule has 6 heteroatoms. The van der Waals surface area contributed by atoms with Gasteiger partial charge in [0.15, 0.2) is 17.6 Å². The zero-order valence-corrected chi connectivity index (χ0v) is 16.7. The monoisotopic (exact) mass is 389 g/mol. The minimum atomic E-state index is -0.0653. The van der Waals surface area contributed by atoms with Crippen LogP contribution in [0.5, 0.6) is 5.75 Å². The SMILES string of the molecule is CCCN(C)c1cccc(-c2cc(=O)c3cc(-c4cnco4)c(OC)cc3[nH]2)c1. The van der Waals surface area contributed by atoms with Gasteiger partial charge < -0.3 is 19.0 Å². The van der Waals surface area contributed by atoms with Crippen molar-refractivity contribution >= 4 is 16.6 Å². The first kappa shape index (κ1) is 18.8. The van der Waals surface area contributed by atoms with Crippen LogP contribution in [0.2, 0.25) is 0 Å². The molecule has 0 spiro atoms. The first-order chi connectivity index (χ1) is 14.1. The number of rotatable bonds is 6. The molecule has 0 bridgehead atoms. The van der Waals surface area contributed by atoms with Crippen molar-refractivity contribution in [1.82, 2.24) is 9.97 Å². The Bertz CT molecular complexity index is 1200. The summed E-state index contributed by atoms with van der Waals surface area (Å²) in [5, 5.41) is 0.570. The van der Waals surface area contributed by atoms with Crippen LogP contribution in [0, 0.1) is 0 Å². The van der Waals surface area contributed by atoms with Gasteiger partial charge in [-0.3, -0.25) is 4.79 Å². The highest BCUT2D eigenvalue weighted by Crippen LogP contribution is 2.33. The van der Waals surface area contributed by atoms with Crippen LogP contribution in [0.1, 0.15) is 13.3 Å². The molecule has 0 saturated heterocycles. The molecule has 0 aliphatic heterocycles. The maximum atomic E-state index is 12.9. The average Bonchev–Trinajstić information content (AvgIpc) is 3.28. The fraction of sp³-hybridized carbons (Fsp3) is 0.217. The van der Waals surface area contributed by atoms with E-state index in [1.807, 2.05) is 18.2 Å². The molecule has 0 fully saturated rings. The van der Waals surface area contributed by atoms with Gasteiger partial charge in [0, 0.05) is 48.1 Å². The summed E-state index contributed by atoms with van der Waals surface area (Å²) in [6.45, 7) is 3.13. The molecule has 0 saturated carbocycles. The van der Waals surface area contributed by atoms with E-state index in [-0.39, 0.29) is 5.43 Å². The molecule has 2 aromatic carbocycles. The summed E-state index contributed by atoms with van der Waals surface area (Å²) < 4.78 is 10.9. The second-order valence-electron chi connectivity index (χ2n) is 6.98. The summed E-state index contributed by atoms with van der Waals surface area (Å²) >= 11 is 0. The van der Waals surface area contributed by atoms with Crippen LogP contribution < -0.4 is 15.1 Å². The molecule has 4 rings (SSSR count). The molecule has 0 radical (unpaired) electrons. The predicted octanol–water partition coefficient (Wildman–Crippen LogP) is 4.70. The predicted molar refractivity (Wildman–Crippen MR) is 116 cm³/mol. The second kappa shape index (κ2) is 7.83. The molecule has 29 heavy (non-hydrogen) atoms. The van der Waals surface area contributed by atoms with Gasteiger partial charge in [-0.1, -0.05) is 19.1 Å². The van der Waals surface area contributed by atoms with Gasteiger partial charge in [0.25, 0.3) is 0 Å². The fourth-order valence-corrected chi connectivity index (χ4v) is 3.52. The molecule has 2 heterocycles. The van der Waals surface area contributed by atoms with Crippen molar-refractivity contribution in [2.75, 3.05) is 25.6 Å². The van der Waals surface area contributed by atoms with E-state index in [0.717, 1.165) is 29.9 Å². The summed E-state index contributed by atoms with van der Waals surface area (Å²) in [5.74, 6) is 1.16. The Morgan fingerprint density at radius 2 is 2.07 bits per heavy atom. The van der Waals surface area contributed by atoms with Gasteiger partial charge in [0.1, 0.15) is 5.75 Å². The Morgan fingerprint density at radius 3 is 2.79 bits per heavy atom. The number of benzene rings is 2. The lowest BCUT2D eigenvalue weighted by Crippen LogP contribution is -2.17. The Balaban J connectivity index is 1.83. The minimum absolute atomic E-state index is 0.0653. The van der Waals surface area contributed by atoms with Crippen molar-refractivity contribution in [1.29, 1.82) is 0 Å². The number of aromatic amines is 1. The largest absolute Gasteiger partial charge is 0.496 e. The molecule has 4 aromatic rings. The van der Waals surface area contributed by atoms with Crippen molar-refractivity contribution in [3.63, 3.8) is 0 Å². The van der Waals surface area contributed by atoms with Crippen LogP contribution in [0.25, 0.3) is 33.5 Å². The van der Waals surface area contributed by atoms with Crippen LogP contribution in [-0.4, -0.2) is 30.7 Å². The average molecular weight is 389 g/mol. The Morgan fingerprint density at radius 1 is 1.21 bits per heavy atom. The number of anilines is 1. The standard InChI is InChI=1S/C23H23N3O3/c1-4-8-26(2)16-7-5-6-15(9-16)19-11-21(27)17-10-18(23-13-24-14-29-23)22(28-3)12-20(17)25-19/h5-7,9-14H,4,8H2,1-3H3,(H,25,27). The van der Waals surface area contributed by atoms with Crippen molar-refractivity contribution in [3.8, 4) is 28.3 Å². The molecule has 2 aromatic heterocycles. The molecular weight excluding hydrogens is 366 g/mol. The van der Waals surface area contributed by atoms with Gasteiger partial charge >= 0.3 is 0 Å². The summed E-state index contributed by atoms with van der Waals surface area (Å²) in [7, 11) is 3.66.